The number of methoxy groups -OCH3 is 2. The standard InChI is InChI=1S/C23H28F2NO2/c1-4-5-6-10-21-17-14-23(28-3)22(27-2)13-16(17)11-12-26(21)15-18-19(24)8-7-9-20(18)25/h7-9,13-14H,4-6,10-12,15H2,1-3H3/q+1. The third-order valence-electron chi connectivity index (χ3n) is 5.38. The van der Waals surface area contributed by atoms with Crippen molar-refractivity contribution >= 4 is 5.71 Å². The lowest BCUT2D eigenvalue weighted by Crippen LogP contribution is -2.30. The van der Waals surface area contributed by atoms with Crippen LogP contribution in [0.3, 0.4) is 0 Å². The Morgan fingerprint density at radius 2 is 1.68 bits per heavy atom. The number of unbranched alkanes of at least 4 members (excludes halogenated alkanes) is 2. The molecule has 0 saturated carbocycles. The Labute approximate surface area is 165 Å². The van der Waals surface area contributed by atoms with Gasteiger partial charge >= 0.3 is 0 Å². The fourth-order valence-electron chi connectivity index (χ4n) is 3.84. The lowest BCUT2D eigenvalue weighted by molar-refractivity contribution is -0.546. The van der Waals surface area contributed by atoms with E-state index in [0.29, 0.717) is 11.5 Å². The lowest BCUT2D eigenvalue weighted by atomic mass is 9.92. The molecule has 0 aromatic heterocycles. The topological polar surface area (TPSA) is 21.5 Å². The number of fused-ring (bicyclic) bond motifs is 1. The normalized spacial score (nSPS) is 13.5. The minimum absolute atomic E-state index is 0.124. The Balaban J connectivity index is 2.06. The number of hydrogen-bond donors (Lipinski definition) is 0. The van der Waals surface area contributed by atoms with E-state index in [9.17, 15) is 8.78 Å². The van der Waals surface area contributed by atoms with Gasteiger partial charge < -0.3 is 9.47 Å². The van der Waals surface area contributed by atoms with Crippen LogP contribution >= 0.6 is 0 Å². The van der Waals surface area contributed by atoms with E-state index in [2.05, 4.69) is 11.5 Å². The first-order valence-electron chi connectivity index (χ1n) is 9.88. The molecule has 1 heterocycles. The summed E-state index contributed by atoms with van der Waals surface area (Å²) in [5, 5.41) is 0. The van der Waals surface area contributed by atoms with Crippen LogP contribution in [0.15, 0.2) is 30.3 Å². The van der Waals surface area contributed by atoms with Gasteiger partial charge in [-0.3, -0.25) is 0 Å². The molecule has 0 saturated heterocycles. The summed E-state index contributed by atoms with van der Waals surface area (Å²) in [6.45, 7) is 3.12. The monoisotopic (exact) mass is 388 g/mol. The Hall–Kier alpha value is -2.43. The van der Waals surface area contributed by atoms with Gasteiger partial charge in [0.15, 0.2) is 23.8 Å². The minimum atomic E-state index is -0.494. The van der Waals surface area contributed by atoms with Gasteiger partial charge in [-0.1, -0.05) is 25.8 Å². The summed E-state index contributed by atoms with van der Waals surface area (Å²) in [6, 6.07) is 8.07. The number of rotatable bonds is 8. The molecule has 5 heteroatoms. The van der Waals surface area contributed by atoms with E-state index in [0.717, 1.165) is 49.9 Å². The van der Waals surface area contributed by atoms with Crippen LogP contribution in [0.25, 0.3) is 0 Å². The highest BCUT2D eigenvalue weighted by Crippen LogP contribution is 2.33. The van der Waals surface area contributed by atoms with Crippen LogP contribution < -0.4 is 9.47 Å². The molecular formula is C23H28F2NO2+. The van der Waals surface area contributed by atoms with Gasteiger partial charge in [0.2, 0.25) is 0 Å². The van der Waals surface area contributed by atoms with E-state index in [1.165, 1.54) is 23.8 Å². The Bertz CT molecular complexity index is 857. The predicted molar refractivity (Wildman–Crippen MR) is 107 cm³/mol. The van der Waals surface area contributed by atoms with E-state index in [4.69, 9.17) is 9.47 Å². The maximum atomic E-state index is 14.2. The predicted octanol–water partition coefficient (Wildman–Crippen LogP) is 5.12. The van der Waals surface area contributed by atoms with Crippen molar-refractivity contribution < 1.29 is 22.8 Å². The van der Waals surface area contributed by atoms with Crippen molar-refractivity contribution in [1.82, 2.24) is 0 Å². The zero-order valence-corrected chi connectivity index (χ0v) is 16.9. The van der Waals surface area contributed by atoms with E-state index in [1.54, 1.807) is 14.2 Å². The molecule has 3 rings (SSSR count). The molecule has 28 heavy (non-hydrogen) atoms. The van der Waals surface area contributed by atoms with Crippen LogP contribution in [0.1, 0.15) is 49.3 Å². The third-order valence-corrected chi connectivity index (χ3v) is 5.38. The van der Waals surface area contributed by atoms with Crippen LogP contribution in [-0.4, -0.2) is 31.1 Å². The summed E-state index contributed by atoms with van der Waals surface area (Å²) in [4.78, 5) is 0. The largest absolute Gasteiger partial charge is 0.493 e. The Morgan fingerprint density at radius 1 is 1.00 bits per heavy atom. The van der Waals surface area contributed by atoms with E-state index in [1.807, 2.05) is 12.1 Å². The van der Waals surface area contributed by atoms with Gasteiger partial charge in [0.05, 0.1) is 19.8 Å². The van der Waals surface area contributed by atoms with Crippen molar-refractivity contribution in [3.05, 3.63) is 58.7 Å². The molecule has 0 radical (unpaired) electrons. The van der Waals surface area contributed by atoms with Gasteiger partial charge in [-0.15, -0.1) is 0 Å². The SMILES string of the molecule is CCCCCC1=[N+](Cc2c(F)cccc2F)CCc2cc(OC)c(OC)cc21. The summed E-state index contributed by atoms with van der Waals surface area (Å²) in [7, 11) is 3.25. The second kappa shape index (κ2) is 9.18. The molecule has 0 fully saturated rings. The van der Waals surface area contributed by atoms with Gasteiger partial charge in [-0.05, 0) is 36.2 Å². The fourth-order valence-corrected chi connectivity index (χ4v) is 3.84. The smallest absolute Gasteiger partial charge is 0.184 e. The Kier molecular flexibility index (Phi) is 6.65. The molecule has 0 bridgehead atoms. The van der Waals surface area contributed by atoms with Gasteiger partial charge in [-0.25, -0.2) is 13.4 Å². The highest BCUT2D eigenvalue weighted by Gasteiger charge is 2.29. The molecule has 0 spiro atoms. The first kappa shape index (κ1) is 20.3. The number of ether oxygens (including phenoxy) is 2. The minimum Gasteiger partial charge on any atom is -0.493 e. The first-order chi connectivity index (χ1) is 13.6. The summed E-state index contributed by atoms with van der Waals surface area (Å²) >= 11 is 0. The van der Waals surface area contributed by atoms with Gasteiger partial charge in [-0.2, -0.15) is 0 Å². The molecule has 150 valence electrons. The molecule has 0 atom stereocenters. The molecule has 0 unspecified atom stereocenters. The first-order valence-corrected chi connectivity index (χ1v) is 9.88. The summed E-state index contributed by atoms with van der Waals surface area (Å²) in [5.41, 5.74) is 3.53. The molecule has 1 aliphatic heterocycles. The Morgan fingerprint density at radius 3 is 2.32 bits per heavy atom. The van der Waals surface area contributed by atoms with E-state index >= 15 is 0 Å². The average Bonchev–Trinajstić information content (AvgIpc) is 2.70. The van der Waals surface area contributed by atoms with Crippen LogP contribution in [0.2, 0.25) is 0 Å². The average molecular weight is 388 g/mol. The van der Waals surface area contributed by atoms with Crippen molar-refractivity contribution in [3.8, 4) is 11.5 Å². The maximum Gasteiger partial charge on any atom is 0.184 e. The molecule has 3 nitrogen and oxygen atoms in total. The molecule has 2 aromatic carbocycles. The second-order valence-corrected chi connectivity index (χ2v) is 7.14. The number of benzene rings is 2. The van der Waals surface area contributed by atoms with Gasteiger partial charge in [0, 0.05) is 18.4 Å². The summed E-state index contributed by atoms with van der Waals surface area (Å²) in [6.07, 6.45) is 4.94. The molecule has 0 amide bonds. The molecule has 2 aromatic rings. The van der Waals surface area contributed by atoms with Crippen LogP contribution in [-0.2, 0) is 13.0 Å². The highest BCUT2D eigenvalue weighted by molar-refractivity contribution is 5.99. The number of halogens is 2. The maximum absolute atomic E-state index is 14.2. The van der Waals surface area contributed by atoms with Crippen LogP contribution in [0.5, 0.6) is 11.5 Å². The van der Waals surface area contributed by atoms with Crippen LogP contribution in [0.4, 0.5) is 8.78 Å². The van der Waals surface area contributed by atoms with Crippen molar-refractivity contribution in [2.45, 2.75) is 45.6 Å². The second-order valence-electron chi connectivity index (χ2n) is 7.14. The van der Waals surface area contributed by atoms with Crippen molar-refractivity contribution in [1.29, 1.82) is 0 Å². The van der Waals surface area contributed by atoms with Crippen LogP contribution in [0, 0.1) is 11.6 Å². The van der Waals surface area contributed by atoms with Crippen molar-refractivity contribution in [2.75, 3.05) is 20.8 Å². The molecular weight excluding hydrogens is 360 g/mol. The quantitative estimate of drug-likeness (QED) is 0.462. The molecule has 0 N–H and O–H groups in total. The highest BCUT2D eigenvalue weighted by atomic mass is 19.1. The lowest BCUT2D eigenvalue weighted by Gasteiger charge is -2.21. The summed E-state index contributed by atoms with van der Waals surface area (Å²) in [5.74, 6) is 0.396. The van der Waals surface area contributed by atoms with Crippen molar-refractivity contribution in [3.63, 3.8) is 0 Å². The molecule has 0 aliphatic carbocycles. The zero-order valence-electron chi connectivity index (χ0n) is 16.9. The zero-order chi connectivity index (χ0) is 20.1. The fraction of sp³-hybridized carbons (Fsp3) is 0.435. The van der Waals surface area contributed by atoms with Gasteiger partial charge in [0.25, 0.3) is 0 Å². The number of nitrogens with zero attached hydrogens (tertiary/aromatic N) is 1. The van der Waals surface area contributed by atoms with E-state index < -0.39 is 11.6 Å². The summed E-state index contributed by atoms with van der Waals surface area (Å²) < 4.78 is 41.5. The molecule has 1 aliphatic rings. The van der Waals surface area contributed by atoms with Crippen molar-refractivity contribution in [2.24, 2.45) is 0 Å². The number of hydrogen-bond acceptors (Lipinski definition) is 2. The van der Waals surface area contributed by atoms with Gasteiger partial charge in [0.1, 0.15) is 18.2 Å². The third kappa shape index (κ3) is 4.18. The van der Waals surface area contributed by atoms with E-state index in [-0.39, 0.29) is 12.1 Å².